The largest absolute Gasteiger partial charge is 0.485 e. The van der Waals surface area contributed by atoms with Gasteiger partial charge in [0.05, 0.1) is 16.5 Å². The summed E-state index contributed by atoms with van der Waals surface area (Å²) >= 11 is 7.79. The predicted octanol–water partition coefficient (Wildman–Crippen LogP) is 3.66. The van der Waals surface area contributed by atoms with Gasteiger partial charge in [-0.25, -0.2) is 17.5 Å². The summed E-state index contributed by atoms with van der Waals surface area (Å²) in [5, 5.41) is 3.55. The van der Waals surface area contributed by atoms with Crippen LogP contribution in [0.15, 0.2) is 30.5 Å². The van der Waals surface area contributed by atoms with Gasteiger partial charge in [-0.3, -0.25) is 4.98 Å². The first-order valence-electron chi connectivity index (χ1n) is 9.35. The smallest absolute Gasteiger partial charge is 0.209 e. The zero-order chi connectivity index (χ0) is 21.5. The third-order valence-electron chi connectivity index (χ3n) is 4.86. The number of nitrogens with one attached hydrogen (secondary N) is 2. The molecule has 1 fully saturated rings. The molecule has 1 aliphatic heterocycles. The lowest BCUT2D eigenvalue weighted by molar-refractivity contribution is 0.140. The van der Waals surface area contributed by atoms with Crippen molar-refractivity contribution in [2.45, 2.75) is 25.7 Å². The van der Waals surface area contributed by atoms with Crippen LogP contribution >= 0.6 is 22.9 Å². The fourth-order valence-electron chi connectivity index (χ4n) is 3.47. The molecule has 2 atom stereocenters. The van der Waals surface area contributed by atoms with Gasteiger partial charge in [-0.15, -0.1) is 11.3 Å². The van der Waals surface area contributed by atoms with Crippen LogP contribution in [0.3, 0.4) is 0 Å². The number of fused-ring (bicyclic) bond motifs is 1. The van der Waals surface area contributed by atoms with E-state index in [1.54, 1.807) is 12.3 Å². The number of nitrogens with zero attached hydrogens (tertiary/aromatic N) is 1. The Morgan fingerprint density at radius 1 is 1.33 bits per heavy atom. The summed E-state index contributed by atoms with van der Waals surface area (Å²) in [7, 11) is -3.30. The molecular formula is C20H21ClFN3O3S2. The minimum absolute atomic E-state index is 0.189. The van der Waals surface area contributed by atoms with E-state index in [9.17, 15) is 12.8 Å². The van der Waals surface area contributed by atoms with E-state index in [1.165, 1.54) is 11.3 Å². The quantitative estimate of drug-likeness (QED) is 0.576. The highest BCUT2D eigenvalue weighted by Gasteiger charge is 2.30. The molecule has 1 aliphatic rings. The van der Waals surface area contributed by atoms with Gasteiger partial charge in [0.2, 0.25) is 10.0 Å². The number of hydrogen-bond acceptors (Lipinski definition) is 6. The minimum Gasteiger partial charge on any atom is -0.485 e. The molecular weight excluding hydrogens is 449 g/mol. The van der Waals surface area contributed by atoms with Gasteiger partial charge in [0.1, 0.15) is 11.9 Å². The van der Waals surface area contributed by atoms with Gasteiger partial charge in [-0.05, 0) is 36.8 Å². The van der Waals surface area contributed by atoms with Crippen molar-refractivity contribution in [3.05, 3.63) is 45.9 Å². The van der Waals surface area contributed by atoms with Crippen molar-refractivity contribution in [2.75, 3.05) is 19.3 Å². The SMILES string of the molecule is Cc1cc(Cl)cc(-c2ccnc3cc(CNS(C)(=O)=O)sc23)c1O[C@@H]1CNC[C@@H]1F. The number of benzene rings is 1. The molecule has 2 N–H and O–H groups in total. The Kier molecular flexibility index (Phi) is 6.00. The molecule has 2 aromatic heterocycles. The van der Waals surface area contributed by atoms with Gasteiger partial charge in [0.15, 0.2) is 6.17 Å². The normalized spacial score (nSPS) is 19.5. The number of aryl methyl sites for hydroxylation is 1. The second-order valence-corrected chi connectivity index (χ2v) is 10.7. The van der Waals surface area contributed by atoms with Crippen LogP contribution < -0.4 is 14.8 Å². The molecule has 4 rings (SSSR count). The fraction of sp³-hybridized carbons (Fsp3) is 0.350. The number of ether oxygens (including phenoxy) is 1. The lowest BCUT2D eigenvalue weighted by Gasteiger charge is -2.20. The predicted molar refractivity (Wildman–Crippen MR) is 119 cm³/mol. The van der Waals surface area contributed by atoms with Crippen molar-refractivity contribution in [1.29, 1.82) is 0 Å². The van der Waals surface area contributed by atoms with Gasteiger partial charge in [0, 0.05) is 46.9 Å². The Hall–Kier alpha value is -1.78. The van der Waals surface area contributed by atoms with Crippen molar-refractivity contribution in [2.24, 2.45) is 0 Å². The number of thiophene rings is 1. The van der Waals surface area contributed by atoms with Crippen LogP contribution in [-0.2, 0) is 16.6 Å². The molecule has 30 heavy (non-hydrogen) atoms. The van der Waals surface area contributed by atoms with Crippen molar-refractivity contribution in [3.8, 4) is 16.9 Å². The number of rotatable bonds is 6. The Labute approximate surface area is 183 Å². The maximum atomic E-state index is 14.2. The number of halogens is 2. The Balaban J connectivity index is 1.78. The van der Waals surface area contributed by atoms with Crippen LogP contribution in [0.1, 0.15) is 10.4 Å². The summed E-state index contributed by atoms with van der Waals surface area (Å²) in [5.41, 5.74) is 3.18. The van der Waals surface area contributed by atoms with Crippen molar-refractivity contribution < 1.29 is 17.5 Å². The van der Waals surface area contributed by atoms with E-state index in [0.29, 0.717) is 17.3 Å². The van der Waals surface area contributed by atoms with Gasteiger partial charge in [0.25, 0.3) is 0 Å². The highest BCUT2D eigenvalue weighted by Crippen LogP contribution is 2.42. The van der Waals surface area contributed by atoms with Crippen molar-refractivity contribution >= 4 is 43.2 Å². The summed E-state index contributed by atoms with van der Waals surface area (Å²) in [6.07, 6.45) is 1.16. The molecule has 1 aromatic carbocycles. The standard InChI is InChI=1S/C20H21ClFN3O3S2/c1-11-5-12(21)6-15(19(11)28-18-10-23-9-16(18)22)14-3-4-24-17-7-13(29-20(14)17)8-25-30(2,26)27/h3-7,16,18,23,25H,8-10H2,1-2H3/t16-,18+/m0/s1. The summed E-state index contributed by atoms with van der Waals surface area (Å²) < 4.78 is 46.5. The average molecular weight is 470 g/mol. The van der Waals surface area contributed by atoms with Gasteiger partial charge in [-0.2, -0.15) is 0 Å². The number of sulfonamides is 1. The van der Waals surface area contributed by atoms with Crippen LogP contribution in [0.25, 0.3) is 21.3 Å². The molecule has 10 heteroatoms. The summed E-state index contributed by atoms with van der Waals surface area (Å²) in [6.45, 7) is 2.78. The lowest BCUT2D eigenvalue weighted by Crippen LogP contribution is -2.27. The first-order chi connectivity index (χ1) is 14.2. The van der Waals surface area contributed by atoms with E-state index < -0.39 is 22.3 Å². The molecule has 3 aromatic rings. The summed E-state index contributed by atoms with van der Waals surface area (Å²) in [4.78, 5) is 5.25. The number of pyridine rings is 1. The van der Waals surface area contributed by atoms with E-state index in [0.717, 1.165) is 38.0 Å². The Morgan fingerprint density at radius 2 is 2.13 bits per heavy atom. The second-order valence-electron chi connectivity index (χ2n) is 7.31. The van der Waals surface area contributed by atoms with E-state index in [4.69, 9.17) is 16.3 Å². The third-order valence-corrected chi connectivity index (χ3v) is 6.90. The minimum atomic E-state index is -3.30. The summed E-state index contributed by atoms with van der Waals surface area (Å²) in [5.74, 6) is 0.590. The molecule has 0 aliphatic carbocycles. The van der Waals surface area contributed by atoms with Crippen LogP contribution in [0, 0.1) is 6.92 Å². The van der Waals surface area contributed by atoms with E-state index in [-0.39, 0.29) is 13.1 Å². The van der Waals surface area contributed by atoms with Crippen LogP contribution in [0.2, 0.25) is 5.02 Å². The highest BCUT2D eigenvalue weighted by molar-refractivity contribution is 7.88. The van der Waals surface area contributed by atoms with Gasteiger partial charge >= 0.3 is 0 Å². The Bertz CT molecular complexity index is 1200. The highest BCUT2D eigenvalue weighted by atomic mass is 35.5. The number of alkyl halides is 1. The Morgan fingerprint density at radius 3 is 2.83 bits per heavy atom. The first-order valence-corrected chi connectivity index (χ1v) is 12.4. The molecule has 0 unspecified atom stereocenters. The number of aromatic nitrogens is 1. The molecule has 6 nitrogen and oxygen atoms in total. The third kappa shape index (κ3) is 4.60. The van der Waals surface area contributed by atoms with Gasteiger partial charge < -0.3 is 10.1 Å². The maximum absolute atomic E-state index is 14.2. The molecule has 0 bridgehead atoms. The second kappa shape index (κ2) is 8.39. The van der Waals surface area contributed by atoms with E-state index in [1.807, 2.05) is 25.1 Å². The first kappa shape index (κ1) is 21.5. The maximum Gasteiger partial charge on any atom is 0.209 e. The van der Waals surface area contributed by atoms with Crippen molar-refractivity contribution in [3.63, 3.8) is 0 Å². The molecule has 0 amide bonds. The molecule has 0 saturated carbocycles. The van der Waals surface area contributed by atoms with Crippen LogP contribution in [-0.4, -0.2) is 45.0 Å². The van der Waals surface area contributed by atoms with Crippen LogP contribution in [0.4, 0.5) is 4.39 Å². The van der Waals surface area contributed by atoms with E-state index in [2.05, 4.69) is 15.0 Å². The molecule has 0 radical (unpaired) electrons. The monoisotopic (exact) mass is 469 g/mol. The average Bonchev–Trinajstić information content (AvgIpc) is 3.27. The summed E-state index contributed by atoms with van der Waals surface area (Å²) in [6, 6.07) is 7.33. The molecule has 160 valence electrons. The molecule has 3 heterocycles. The van der Waals surface area contributed by atoms with Crippen LogP contribution in [0.5, 0.6) is 5.75 Å². The van der Waals surface area contributed by atoms with E-state index >= 15 is 0 Å². The molecule has 1 saturated heterocycles. The van der Waals surface area contributed by atoms with Gasteiger partial charge in [-0.1, -0.05) is 11.6 Å². The number of hydrogen-bond donors (Lipinski definition) is 2. The zero-order valence-corrected chi connectivity index (χ0v) is 18.8. The lowest BCUT2D eigenvalue weighted by atomic mass is 10.0. The van der Waals surface area contributed by atoms with Crippen molar-refractivity contribution in [1.82, 2.24) is 15.0 Å². The molecule has 0 spiro atoms. The zero-order valence-electron chi connectivity index (χ0n) is 16.4. The fourth-order valence-corrected chi connectivity index (χ4v) is 5.33. The topological polar surface area (TPSA) is 80.3 Å².